The molecule has 0 spiro atoms. The van der Waals surface area contributed by atoms with Gasteiger partial charge in [0.2, 0.25) is 0 Å². The summed E-state index contributed by atoms with van der Waals surface area (Å²) >= 11 is 6.32. The Morgan fingerprint density at radius 3 is 2.75 bits per heavy atom. The van der Waals surface area contributed by atoms with Crippen LogP contribution in [-0.2, 0) is 14.9 Å². The van der Waals surface area contributed by atoms with E-state index in [4.69, 9.17) is 16.3 Å². The smallest absolute Gasteiger partial charge is 0.282 e. The number of benzene rings is 1. The van der Waals surface area contributed by atoms with Crippen molar-refractivity contribution in [3.63, 3.8) is 0 Å². The molecule has 8 heteroatoms. The lowest BCUT2D eigenvalue weighted by atomic mass is 10.1. The Labute approximate surface area is 148 Å². The molecule has 2 aliphatic rings. The highest BCUT2D eigenvalue weighted by Crippen LogP contribution is 2.32. The highest BCUT2D eigenvalue weighted by molar-refractivity contribution is 7.86. The second kappa shape index (κ2) is 6.90. The third kappa shape index (κ3) is 3.61. The minimum absolute atomic E-state index is 0.302. The molecular weight excluding hydrogens is 350 g/mol. The van der Waals surface area contributed by atoms with Crippen molar-refractivity contribution in [3.05, 3.63) is 34.9 Å². The highest BCUT2D eigenvalue weighted by Gasteiger charge is 2.41. The van der Waals surface area contributed by atoms with E-state index in [9.17, 15) is 8.42 Å². The Hall–Kier alpha value is -0.700. The molecule has 0 aromatic heterocycles. The second-order valence-corrected chi connectivity index (χ2v) is 9.09. The SMILES string of the molecule is CC1(C)CN(S(=O)(=O)N2CCNCC2c2ccccc2Cl)CCO1. The molecule has 0 bridgehead atoms. The molecule has 24 heavy (non-hydrogen) atoms. The van der Waals surface area contributed by atoms with Gasteiger partial charge in [0.25, 0.3) is 10.2 Å². The van der Waals surface area contributed by atoms with E-state index >= 15 is 0 Å². The van der Waals surface area contributed by atoms with E-state index in [2.05, 4.69) is 5.32 Å². The average Bonchev–Trinajstić information content (AvgIpc) is 2.54. The maximum Gasteiger partial charge on any atom is 0.282 e. The molecule has 2 saturated heterocycles. The van der Waals surface area contributed by atoms with Gasteiger partial charge in [-0.3, -0.25) is 0 Å². The predicted octanol–water partition coefficient (Wildman–Crippen LogP) is 1.64. The maximum atomic E-state index is 13.2. The zero-order valence-corrected chi connectivity index (χ0v) is 15.6. The van der Waals surface area contributed by atoms with E-state index in [-0.39, 0.29) is 6.04 Å². The summed E-state index contributed by atoms with van der Waals surface area (Å²) in [6.45, 7) is 6.59. The van der Waals surface area contributed by atoms with E-state index < -0.39 is 15.8 Å². The number of hydrogen-bond acceptors (Lipinski definition) is 4. The molecule has 6 nitrogen and oxygen atoms in total. The average molecular weight is 374 g/mol. The standard InChI is InChI=1S/C16H24ClN3O3S/c1-16(2)12-19(9-10-23-16)24(21,22)20-8-7-18-11-15(20)13-5-3-4-6-14(13)17/h3-6,15,18H,7-12H2,1-2H3. The van der Waals surface area contributed by atoms with Crippen LogP contribution in [0.5, 0.6) is 0 Å². The zero-order chi connectivity index (χ0) is 17.4. The van der Waals surface area contributed by atoms with Crippen LogP contribution in [0.2, 0.25) is 5.02 Å². The number of rotatable bonds is 3. The molecule has 3 rings (SSSR count). The predicted molar refractivity (Wildman–Crippen MR) is 94.3 cm³/mol. The van der Waals surface area contributed by atoms with Crippen LogP contribution in [-0.4, -0.2) is 62.0 Å². The lowest BCUT2D eigenvalue weighted by Crippen LogP contribution is -2.58. The number of ether oxygens (including phenoxy) is 1. The van der Waals surface area contributed by atoms with Crippen LogP contribution in [0, 0.1) is 0 Å². The van der Waals surface area contributed by atoms with Crippen LogP contribution in [0.1, 0.15) is 25.5 Å². The quantitative estimate of drug-likeness (QED) is 0.875. The molecule has 1 aromatic rings. The van der Waals surface area contributed by atoms with Gasteiger partial charge in [-0.2, -0.15) is 17.0 Å². The van der Waals surface area contributed by atoms with Crippen LogP contribution >= 0.6 is 11.6 Å². The molecule has 0 saturated carbocycles. The van der Waals surface area contributed by atoms with Crippen LogP contribution in [0.15, 0.2) is 24.3 Å². The lowest BCUT2D eigenvalue weighted by molar-refractivity contribution is -0.0656. The fourth-order valence-electron chi connectivity index (χ4n) is 3.29. The first-order valence-electron chi connectivity index (χ1n) is 8.17. The van der Waals surface area contributed by atoms with Crippen molar-refractivity contribution in [1.82, 2.24) is 13.9 Å². The molecule has 1 N–H and O–H groups in total. The summed E-state index contributed by atoms with van der Waals surface area (Å²) in [5.41, 5.74) is 0.363. The van der Waals surface area contributed by atoms with Crippen molar-refractivity contribution in [1.29, 1.82) is 0 Å². The van der Waals surface area contributed by atoms with Crippen molar-refractivity contribution in [3.8, 4) is 0 Å². The van der Waals surface area contributed by atoms with E-state index in [1.54, 1.807) is 10.4 Å². The van der Waals surface area contributed by atoms with E-state index in [1.165, 1.54) is 4.31 Å². The highest BCUT2D eigenvalue weighted by atomic mass is 35.5. The molecule has 1 atom stereocenters. The Balaban J connectivity index is 1.91. The summed E-state index contributed by atoms with van der Waals surface area (Å²) in [5.74, 6) is 0. The molecule has 2 fully saturated rings. The summed E-state index contributed by atoms with van der Waals surface area (Å²) in [5, 5.41) is 3.87. The van der Waals surface area contributed by atoms with Gasteiger partial charge >= 0.3 is 0 Å². The number of morpholine rings is 1. The third-order valence-electron chi connectivity index (χ3n) is 4.47. The molecular formula is C16H24ClN3O3S. The van der Waals surface area contributed by atoms with Gasteiger partial charge in [0, 0.05) is 37.7 Å². The molecule has 0 radical (unpaired) electrons. The summed E-state index contributed by atoms with van der Waals surface area (Å²) in [6.07, 6.45) is 0. The van der Waals surface area contributed by atoms with Gasteiger partial charge in [0.15, 0.2) is 0 Å². The Bertz CT molecular complexity index is 696. The molecule has 134 valence electrons. The van der Waals surface area contributed by atoms with Gasteiger partial charge in [-0.1, -0.05) is 29.8 Å². The summed E-state index contributed by atoms with van der Waals surface area (Å²) < 4.78 is 35.3. The van der Waals surface area contributed by atoms with Crippen molar-refractivity contribution >= 4 is 21.8 Å². The van der Waals surface area contributed by atoms with Crippen molar-refractivity contribution < 1.29 is 13.2 Å². The van der Waals surface area contributed by atoms with Crippen LogP contribution in [0.3, 0.4) is 0 Å². The summed E-state index contributed by atoms with van der Waals surface area (Å²) in [6, 6.07) is 7.13. The normalized spacial score (nSPS) is 26.4. The van der Waals surface area contributed by atoms with Gasteiger partial charge < -0.3 is 10.1 Å². The van der Waals surface area contributed by atoms with E-state index in [1.807, 2.05) is 32.0 Å². The van der Waals surface area contributed by atoms with Crippen LogP contribution < -0.4 is 5.32 Å². The first-order valence-corrected chi connectivity index (χ1v) is 9.95. The number of nitrogens with one attached hydrogen (secondary N) is 1. The minimum atomic E-state index is -3.58. The Morgan fingerprint density at radius 2 is 2.04 bits per heavy atom. The summed E-state index contributed by atoms with van der Waals surface area (Å²) in [7, 11) is -3.58. The molecule has 1 aromatic carbocycles. The van der Waals surface area contributed by atoms with E-state index in [0.29, 0.717) is 44.4 Å². The maximum absolute atomic E-state index is 13.2. The second-order valence-electron chi connectivity index (χ2n) is 6.80. The van der Waals surface area contributed by atoms with Gasteiger partial charge in [-0.25, -0.2) is 0 Å². The molecule has 0 amide bonds. The number of piperazine rings is 1. The largest absolute Gasteiger partial charge is 0.373 e. The van der Waals surface area contributed by atoms with Crippen LogP contribution in [0.25, 0.3) is 0 Å². The third-order valence-corrected chi connectivity index (χ3v) is 6.81. The van der Waals surface area contributed by atoms with Crippen molar-refractivity contribution in [2.24, 2.45) is 0 Å². The molecule has 2 heterocycles. The van der Waals surface area contributed by atoms with Gasteiger partial charge in [0.1, 0.15) is 0 Å². The van der Waals surface area contributed by atoms with Gasteiger partial charge in [-0.05, 0) is 25.5 Å². The van der Waals surface area contributed by atoms with Gasteiger partial charge in [-0.15, -0.1) is 0 Å². The van der Waals surface area contributed by atoms with Crippen molar-refractivity contribution in [2.75, 3.05) is 39.3 Å². The Kier molecular flexibility index (Phi) is 5.20. The summed E-state index contributed by atoms with van der Waals surface area (Å²) in [4.78, 5) is 0. The molecule has 0 aliphatic carbocycles. The first-order chi connectivity index (χ1) is 11.3. The topological polar surface area (TPSA) is 61.9 Å². The fraction of sp³-hybridized carbons (Fsp3) is 0.625. The fourth-order valence-corrected chi connectivity index (χ4v) is 5.46. The molecule has 1 unspecified atom stereocenters. The zero-order valence-electron chi connectivity index (χ0n) is 14.0. The molecule has 2 aliphatic heterocycles. The lowest BCUT2D eigenvalue weighted by Gasteiger charge is -2.43. The number of hydrogen-bond donors (Lipinski definition) is 1. The van der Waals surface area contributed by atoms with Crippen molar-refractivity contribution in [2.45, 2.75) is 25.5 Å². The first kappa shape index (κ1) is 18.1. The minimum Gasteiger partial charge on any atom is -0.373 e. The number of halogens is 1. The Morgan fingerprint density at radius 1 is 1.29 bits per heavy atom. The number of nitrogens with zero attached hydrogens (tertiary/aromatic N) is 2. The monoisotopic (exact) mass is 373 g/mol. The van der Waals surface area contributed by atoms with Crippen LogP contribution in [0.4, 0.5) is 0 Å². The van der Waals surface area contributed by atoms with E-state index in [0.717, 1.165) is 5.56 Å². The van der Waals surface area contributed by atoms with Gasteiger partial charge in [0.05, 0.1) is 18.2 Å².